The zero-order chi connectivity index (χ0) is 9.86. The topological polar surface area (TPSA) is 91.7 Å². The van der Waals surface area contributed by atoms with Crippen molar-refractivity contribution in [2.45, 2.75) is 13.8 Å². The molecule has 0 unspecified atom stereocenters. The van der Waals surface area contributed by atoms with Crippen molar-refractivity contribution in [3.05, 3.63) is 0 Å². The zero-order valence-corrected chi connectivity index (χ0v) is 6.83. The monoisotopic (exact) mass is 184 g/mol. The van der Waals surface area contributed by atoms with Crippen LogP contribution in [-0.2, 0) is 14.4 Å². The van der Waals surface area contributed by atoms with Gasteiger partial charge in [0.2, 0.25) is 5.24 Å². The van der Waals surface area contributed by atoms with Crippen molar-refractivity contribution >= 4 is 29.3 Å². The Kier molecular flexibility index (Phi) is 23.9. The van der Waals surface area contributed by atoms with E-state index >= 15 is 0 Å². The molecular formula is C5H9ClO5. The Labute approximate surface area is 68.6 Å². The summed E-state index contributed by atoms with van der Waals surface area (Å²) in [6.45, 7) is 2.13. The van der Waals surface area contributed by atoms with E-state index in [9.17, 15) is 4.79 Å². The second-order valence-corrected chi connectivity index (χ2v) is 1.63. The molecule has 6 heteroatoms. The highest BCUT2D eigenvalue weighted by Crippen LogP contribution is 1.67. The highest BCUT2D eigenvalue weighted by molar-refractivity contribution is 6.62. The van der Waals surface area contributed by atoms with Crippen molar-refractivity contribution in [2.75, 3.05) is 0 Å². The lowest BCUT2D eigenvalue weighted by molar-refractivity contribution is -0.134. The van der Waals surface area contributed by atoms with Gasteiger partial charge in [0.15, 0.2) is 0 Å². The third-order valence-corrected chi connectivity index (χ3v) is 0. The molecule has 0 fully saturated rings. The second kappa shape index (κ2) is 16.0. The normalized spacial score (nSPS) is 5.73. The minimum Gasteiger partial charge on any atom is -0.483 e. The average Bonchev–Trinajstić information content (AvgIpc) is 1.60. The van der Waals surface area contributed by atoms with Gasteiger partial charge in [-0.25, -0.2) is 0 Å². The molecule has 0 spiro atoms. The molecule has 0 atom stereocenters. The molecule has 0 heterocycles. The minimum atomic E-state index is -0.833. The van der Waals surface area contributed by atoms with Gasteiger partial charge in [0.1, 0.15) is 0 Å². The lowest BCUT2D eigenvalue weighted by Gasteiger charge is -1.59. The predicted octanol–water partition coefficient (Wildman–Crippen LogP) is 0.563. The summed E-state index contributed by atoms with van der Waals surface area (Å²) in [4.78, 5) is 26.6. The number of hydrogen-bond donors (Lipinski definition) is 2. The summed E-state index contributed by atoms with van der Waals surface area (Å²) in [6, 6.07) is 0. The van der Waals surface area contributed by atoms with E-state index in [1.54, 1.807) is 0 Å². The number of aliphatic carboxylic acids is 1. The number of carbonyl (C=O) groups excluding carboxylic acids is 1. The van der Waals surface area contributed by atoms with Crippen molar-refractivity contribution in [1.29, 1.82) is 0 Å². The van der Waals surface area contributed by atoms with Crippen molar-refractivity contribution in [3.63, 3.8) is 0 Å². The molecule has 0 aliphatic carbocycles. The molecule has 66 valence electrons. The lowest BCUT2D eigenvalue weighted by atomic mass is 10.9. The quantitative estimate of drug-likeness (QED) is 0.424. The molecule has 0 aromatic heterocycles. The summed E-state index contributed by atoms with van der Waals surface area (Å²) < 4.78 is 0. The SMILES string of the molecule is CC(=O)Cl.CC(=O)O.O=CO. The molecule has 0 saturated heterocycles. The largest absolute Gasteiger partial charge is 0.483 e. The zero-order valence-electron chi connectivity index (χ0n) is 6.07. The van der Waals surface area contributed by atoms with E-state index in [1.807, 2.05) is 0 Å². The summed E-state index contributed by atoms with van der Waals surface area (Å²) in [6.07, 6.45) is 0. The van der Waals surface area contributed by atoms with Crippen LogP contribution in [0.4, 0.5) is 0 Å². The number of carboxylic acid groups (broad SMARTS) is 2. The summed E-state index contributed by atoms with van der Waals surface area (Å²) in [5.74, 6) is -0.833. The van der Waals surface area contributed by atoms with Crippen molar-refractivity contribution in [3.8, 4) is 0 Å². The first kappa shape index (κ1) is 16.5. The molecule has 0 aliphatic rings. The van der Waals surface area contributed by atoms with E-state index in [0.29, 0.717) is 0 Å². The molecule has 5 nitrogen and oxygen atoms in total. The Hall–Kier alpha value is -1.10. The first-order valence-electron chi connectivity index (χ1n) is 2.31. The first-order valence-corrected chi connectivity index (χ1v) is 2.69. The van der Waals surface area contributed by atoms with Crippen LogP contribution in [0.3, 0.4) is 0 Å². The fraction of sp³-hybridized carbons (Fsp3) is 0.400. The number of halogens is 1. The maximum absolute atomic E-state index is 9.21. The van der Waals surface area contributed by atoms with E-state index < -0.39 is 5.97 Å². The molecule has 11 heavy (non-hydrogen) atoms. The van der Waals surface area contributed by atoms with E-state index in [0.717, 1.165) is 6.92 Å². The molecule has 0 amide bonds. The van der Waals surface area contributed by atoms with Gasteiger partial charge in [-0.2, -0.15) is 0 Å². The van der Waals surface area contributed by atoms with Gasteiger partial charge in [0.25, 0.3) is 12.4 Å². The van der Waals surface area contributed by atoms with E-state index in [2.05, 4.69) is 11.6 Å². The summed E-state index contributed by atoms with van der Waals surface area (Å²) in [5, 5.41) is 13.9. The van der Waals surface area contributed by atoms with Gasteiger partial charge in [-0.3, -0.25) is 14.4 Å². The third kappa shape index (κ3) is 350. The van der Waals surface area contributed by atoms with Crippen LogP contribution in [0.2, 0.25) is 0 Å². The number of hydrogen-bond acceptors (Lipinski definition) is 3. The fourth-order valence-corrected chi connectivity index (χ4v) is 0. The van der Waals surface area contributed by atoms with Gasteiger partial charge in [0, 0.05) is 13.8 Å². The van der Waals surface area contributed by atoms with Crippen molar-refractivity contribution < 1.29 is 24.6 Å². The van der Waals surface area contributed by atoms with Crippen LogP contribution in [0.5, 0.6) is 0 Å². The van der Waals surface area contributed by atoms with Crippen LogP contribution in [0, 0.1) is 0 Å². The molecular weight excluding hydrogens is 176 g/mol. The predicted molar refractivity (Wildman–Crippen MR) is 38.5 cm³/mol. The van der Waals surface area contributed by atoms with Crippen LogP contribution >= 0.6 is 11.6 Å². The maximum atomic E-state index is 9.21. The number of carboxylic acids is 1. The Balaban J connectivity index is -0.0000000886. The fourth-order valence-electron chi connectivity index (χ4n) is 0. The maximum Gasteiger partial charge on any atom is 0.300 e. The van der Waals surface area contributed by atoms with Crippen LogP contribution in [-0.4, -0.2) is 27.9 Å². The Morgan fingerprint density at radius 1 is 1.36 bits per heavy atom. The van der Waals surface area contributed by atoms with Crippen molar-refractivity contribution in [1.82, 2.24) is 0 Å². The average molecular weight is 185 g/mol. The lowest BCUT2D eigenvalue weighted by Crippen LogP contribution is -1.78. The molecule has 0 saturated carbocycles. The van der Waals surface area contributed by atoms with E-state index in [-0.39, 0.29) is 11.7 Å². The molecule has 0 bridgehead atoms. The highest BCUT2D eigenvalue weighted by Gasteiger charge is 1.67. The Morgan fingerprint density at radius 2 is 1.36 bits per heavy atom. The van der Waals surface area contributed by atoms with Crippen molar-refractivity contribution in [2.24, 2.45) is 0 Å². The van der Waals surface area contributed by atoms with Gasteiger partial charge in [-0.15, -0.1) is 0 Å². The van der Waals surface area contributed by atoms with E-state index in [1.165, 1.54) is 6.92 Å². The molecule has 0 aromatic carbocycles. The van der Waals surface area contributed by atoms with Gasteiger partial charge in [-0.05, 0) is 11.6 Å². The van der Waals surface area contributed by atoms with Gasteiger partial charge in [0.05, 0.1) is 0 Å². The molecule has 0 aromatic rings. The van der Waals surface area contributed by atoms with Crippen LogP contribution in [0.1, 0.15) is 13.8 Å². The Bertz CT molecular complexity index is 102. The second-order valence-electron chi connectivity index (χ2n) is 1.09. The molecule has 2 N–H and O–H groups in total. The molecule has 0 rings (SSSR count). The Morgan fingerprint density at radius 3 is 1.36 bits per heavy atom. The van der Waals surface area contributed by atoms with E-state index in [4.69, 9.17) is 19.8 Å². The minimum absolute atomic E-state index is 0.250. The van der Waals surface area contributed by atoms with Gasteiger partial charge < -0.3 is 10.2 Å². The summed E-state index contributed by atoms with van der Waals surface area (Å²) in [5.41, 5.74) is 0. The standard InChI is InChI=1S/C2H3ClO.C2H4O2.CH2O2/c2*1-2(3)4;2-1-3/h1H3;1H3,(H,3,4);1H,(H,2,3). The van der Waals surface area contributed by atoms with Gasteiger partial charge >= 0.3 is 0 Å². The van der Waals surface area contributed by atoms with Gasteiger partial charge in [-0.1, -0.05) is 0 Å². The smallest absolute Gasteiger partial charge is 0.300 e. The van der Waals surface area contributed by atoms with Crippen LogP contribution in [0.25, 0.3) is 0 Å². The molecule has 0 radical (unpaired) electrons. The van der Waals surface area contributed by atoms with Crippen LogP contribution in [0.15, 0.2) is 0 Å². The number of rotatable bonds is 0. The number of carbonyl (C=O) groups is 3. The third-order valence-electron chi connectivity index (χ3n) is 0. The summed E-state index contributed by atoms with van der Waals surface area (Å²) >= 11 is 4.64. The summed E-state index contributed by atoms with van der Waals surface area (Å²) in [7, 11) is 0. The molecule has 0 aliphatic heterocycles. The highest BCUT2D eigenvalue weighted by atomic mass is 35.5. The van der Waals surface area contributed by atoms with Crippen LogP contribution < -0.4 is 0 Å². The first-order chi connectivity index (χ1) is 4.88.